The van der Waals surface area contributed by atoms with Crippen LogP contribution < -0.4 is 10.3 Å². The summed E-state index contributed by atoms with van der Waals surface area (Å²) in [5.74, 6) is 0.667. The number of rotatable bonds is 8. The molecule has 0 unspecified atom stereocenters. The fraction of sp³-hybridized carbons (Fsp3) is 0.304. The van der Waals surface area contributed by atoms with Crippen molar-refractivity contribution in [2.45, 2.75) is 39.3 Å². The molecule has 1 aromatic carbocycles. The van der Waals surface area contributed by atoms with E-state index in [0.29, 0.717) is 17.0 Å². The van der Waals surface area contributed by atoms with Gasteiger partial charge in [0.2, 0.25) is 5.82 Å². The number of halogens is 3. The smallest absolute Gasteiger partial charge is 0.389 e. The predicted molar refractivity (Wildman–Crippen MR) is 124 cm³/mol. The summed E-state index contributed by atoms with van der Waals surface area (Å²) in [5, 5.41) is 14.0. The molecule has 0 spiro atoms. The molecule has 0 fully saturated rings. The lowest BCUT2D eigenvalue weighted by atomic mass is 9.96. The number of aromatic amines is 2. The van der Waals surface area contributed by atoms with Crippen LogP contribution in [0.4, 0.5) is 13.2 Å². The summed E-state index contributed by atoms with van der Waals surface area (Å²) >= 11 is 1.60. The maximum atomic E-state index is 13.2. The molecule has 11 heteroatoms. The zero-order valence-corrected chi connectivity index (χ0v) is 19.3. The van der Waals surface area contributed by atoms with E-state index in [4.69, 9.17) is 4.74 Å². The number of aromatic nitrogens is 5. The van der Waals surface area contributed by atoms with Crippen LogP contribution in [0.1, 0.15) is 30.2 Å². The molecule has 0 radical (unpaired) electrons. The van der Waals surface area contributed by atoms with Crippen molar-refractivity contribution in [1.82, 2.24) is 25.6 Å². The van der Waals surface area contributed by atoms with Crippen molar-refractivity contribution in [1.29, 1.82) is 0 Å². The molecule has 4 rings (SSSR count). The summed E-state index contributed by atoms with van der Waals surface area (Å²) in [7, 11) is 0. The van der Waals surface area contributed by atoms with Gasteiger partial charge in [-0.2, -0.15) is 18.4 Å². The number of H-pyrrole nitrogens is 2. The molecular formula is C23H22F3N5O2S. The van der Waals surface area contributed by atoms with Crippen LogP contribution in [0.3, 0.4) is 0 Å². The molecule has 0 atom stereocenters. The number of hydrogen-bond acceptors (Lipinski definition) is 6. The Kier molecular flexibility index (Phi) is 6.82. The van der Waals surface area contributed by atoms with E-state index < -0.39 is 12.6 Å². The first-order valence-electron chi connectivity index (χ1n) is 10.7. The second kappa shape index (κ2) is 9.80. The number of benzene rings is 1. The lowest BCUT2D eigenvalue weighted by Gasteiger charge is -2.14. The molecule has 0 saturated carbocycles. The zero-order chi connectivity index (χ0) is 24.3. The third kappa shape index (κ3) is 5.19. The van der Waals surface area contributed by atoms with E-state index in [1.807, 2.05) is 19.1 Å². The van der Waals surface area contributed by atoms with Gasteiger partial charge in [0.25, 0.3) is 5.56 Å². The summed E-state index contributed by atoms with van der Waals surface area (Å²) in [4.78, 5) is 18.2. The van der Waals surface area contributed by atoms with Crippen LogP contribution in [0.15, 0.2) is 41.2 Å². The summed E-state index contributed by atoms with van der Waals surface area (Å²) in [6, 6.07) is 10.9. The van der Waals surface area contributed by atoms with Crippen LogP contribution in [0, 0.1) is 6.92 Å². The fourth-order valence-electron chi connectivity index (χ4n) is 3.66. The topological polar surface area (TPSA) is 96.5 Å². The summed E-state index contributed by atoms with van der Waals surface area (Å²) in [6.45, 7) is 3.95. The third-order valence-corrected chi connectivity index (χ3v) is 6.55. The van der Waals surface area contributed by atoms with Crippen molar-refractivity contribution in [3.05, 3.63) is 57.2 Å². The van der Waals surface area contributed by atoms with E-state index in [0.717, 1.165) is 28.0 Å². The number of nitrogens with one attached hydrogen (secondary N) is 2. The van der Waals surface area contributed by atoms with Crippen molar-refractivity contribution in [2.24, 2.45) is 0 Å². The highest BCUT2D eigenvalue weighted by atomic mass is 32.1. The van der Waals surface area contributed by atoms with Crippen LogP contribution in [0.5, 0.6) is 5.75 Å². The van der Waals surface area contributed by atoms with Crippen LogP contribution in [-0.2, 0) is 6.42 Å². The number of aryl methyl sites for hydroxylation is 1. The number of nitrogens with zero attached hydrogens (tertiary/aromatic N) is 3. The number of tetrazole rings is 1. The van der Waals surface area contributed by atoms with Gasteiger partial charge in [-0.3, -0.25) is 4.79 Å². The lowest BCUT2D eigenvalue weighted by Crippen LogP contribution is -2.14. The Labute approximate surface area is 197 Å². The van der Waals surface area contributed by atoms with Crippen molar-refractivity contribution in [2.75, 3.05) is 6.61 Å². The molecule has 0 aliphatic carbocycles. The molecule has 2 N–H and O–H groups in total. The molecule has 34 heavy (non-hydrogen) atoms. The minimum Gasteiger partial charge on any atom is -0.494 e. The van der Waals surface area contributed by atoms with Gasteiger partial charge in [0, 0.05) is 21.7 Å². The number of pyridine rings is 1. The van der Waals surface area contributed by atoms with Crippen molar-refractivity contribution in [3.8, 4) is 38.8 Å². The van der Waals surface area contributed by atoms with Crippen molar-refractivity contribution >= 4 is 11.3 Å². The first kappa shape index (κ1) is 23.7. The van der Waals surface area contributed by atoms with E-state index >= 15 is 0 Å². The molecule has 4 aromatic rings. The molecule has 0 aliphatic heterocycles. The maximum Gasteiger partial charge on any atom is 0.389 e. The van der Waals surface area contributed by atoms with Gasteiger partial charge in [0.1, 0.15) is 5.75 Å². The molecule has 0 aliphatic rings. The van der Waals surface area contributed by atoms with Crippen LogP contribution in [0.25, 0.3) is 33.1 Å². The quantitative estimate of drug-likeness (QED) is 0.317. The Morgan fingerprint density at radius 1 is 1.09 bits per heavy atom. The molecule has 3 heterocycles. The minimum absolute atomic E-state index is 0.0313. The minimum atomic E-state index is -4.19. The van der Waals surface area contributed by atoms with Crippen LogP contribution >= 0.6 is 11.3 Å². The molecular weight excluding hydrogens is 467 g/mol. The van der Waals surface area contributed by atoms with Crippen molar-refractivity contribution in [3.63, 3.8) is 0 Å². The Hall–Kier alpha value is -3.47. The summed E-state index contributed by atoms with van der Waals surface area (Å²) in [6.07, 6.45) is -4.31. The van der Waals surface area contributed by atoms with Gasteiger partial charge in [-0.15, -0.1) is 21.5 Å². The fourth-order valence-corrected chi connectivity index (χ4v) is 4.71. The highest BCUT2D eigenvalue weighted by Crippen LogP contribution is 2.38. The largest absolute Gasteiger partial charge is 0.494 e. The maximum absolute atomic E-state index is 13.2. The van der Waals surface area contributed by atoms with Crippen LogP contribution in [0.2, 0.25) is 0 Å². The standard InChI is InChI=1S/C23H22F3N5O2S/c1-3-16-9-10-17(34-16)18-13(2)20(27-22(32)19(18)21-28-30-31-29-21)14-5-7-15(8-6-14)33-12-4-11-23(24,25)26/h5-10H,3-4,11-12H2,1-2H3,(H,27,32)(H,28,29,30,31). The normalized spacial score (nSPS) is 11.7. The highest BCUT2D eigenvalue weighted by molar-refractivity contribution is 7.15. The second-order valence-electron chi connectivity index (χ2n) is 7.65. The van der Waals surface area contributed by atoms with Gasteiger partial charge < -0.3 is 9.72 Å². The number of alkyl halides is 3. The molecule has 0 bridgehead atoms. The number of thiophene rings is 1. The van der Waals surface area contributed by atoms with Gasteiger partial charge in [0.15, 0.2) is 0 Å². The van der Waals surface area contributed by atoms with E-state index in [1.54, 1.807) is 35.6 Å². The van der Waals surface area contributed by atoms with Crippen LogP contribution in [-0.4, -0.2) is 38.4 Å². The van der Waals surface area contributed by atoms with Gasteiger partial charge in [-0.1, -0.05) is 6.92 Å². The Morgan fingerprint density at radius 2 is 1.85 bits per heavy atom. The Balaban J connectivity index is 1.68. The van der Waals surface area contributed by atoms with Gasteiger partial charge in [-0.25, -0.2) is 0 Å². The summed E-state index contributed by atoms with van der Waals surface area (Å²) in [5.41, 5.74) is 2.92. The predicted octanol–water partition coefficient (Wildman–Crippen LogP) is 5.54. The lowest BCUT2D eigenvalue weighted by molar-refractivity contribution is -0.136. The van der Waals surface area contributed by atoms with Gasteiger partial charge in [-0.05, 0) is 72.5 Å². The third-order valence-electron chi connectivity index (χ3n) is 5.31. The van der Waals surface area contributed by atoms with E-state index in [1.165, 1.54) is 4.88 Å². The molecule has 0 saturated heterocycles. The molecule has 0 amide bonds. The van der Waals surface area contributed by atoms with Gasteiger partial charge >= 0.3 is 6.18 Å². The Morgan fingerprint density at radius 3 is 2.47 bits per heavy atom. The van der Waals surface area contributed by atoms with E-state index in [2.05, 4.69) is 32.5 Å². The summed E-state index contributed by atoms with van der Waals surface area (Å²) < 4.78 is 42.3. The average Bonchev–Trinajstić information content (AvgIpc) is 3.50. The number of hydrogen-bond donors (Lipinski definition) is 2. The SMILES string of the molecule is CCc1ccc(-c2c(C)c(-c3ccc(OCCCC(F)(F)F)cc3)[nH]c(=O)c2-c2nn[nH]n2)s1. The zero-order valence-electron chi connectivity index (χ0n) is 18.5. The average molecular weight is 490 g/mol. The molecule has 178 valence electrons. The van der Waals surface area contributed by atoms with Crippen molar-refractivity contribution < 1.29 is 17.9 Å². The first-order valence-corrected chi connectivity index (χ1v) is 11.5. The van der Waals surface area contributed by atoms with E-state index in [-0.39, 0.29) is 24.4 Å². The highest BCUT2D eigenvalue weighted by Gasteiger charge is 2.26. The second-order valence-corrected chi connectivity index (χ2v) is 8.82. The monoisotopic (exact) mass is 489 g/mol. The molecule has 3 aromatic heterocycles. The first-order chi connectivity index (χ1) is 16.3. The van der Waals surface area contributed by atoms with Gasteiger partial charge in [0.05, 0.1) is 17.9 Å². The van der Waals surface area contributed by atoms with E-state index in [9.17, 15) is 18.0 Å². The Bertz CT molecular complexity index is 1310. The number of ether oxygens (including phenoxy) is 1. The molecule has 7 nitrogen and oxygen atoms in total.